The Morgan fingerprint density at radius 2 is 1.69 bits per heavy atom. The molecule has 0 saturated heterocycles. The van der Waals surface area contributed by atoms with Gasteiger partial charge in [0.15, 0.2) is 0 Å². The number of benzene rings is 2. The highest BCUT2D eigenvalue weighted by Crippen LogP contribution is 2.38. The molecule has 0 fully saturated rings. The summed E-state index contributed by atoms with van der Waals surface area (Å²) in [5.74, 6) is 0. The van der Waals surface area contributed by atoms with Gasteiger partial charge >= 0.3 is 0 Å². The highest BCUT2D eigenvalue weighted by Gasteiger charge is 2.43. The van der Waals surface area contributed by atoms with Gasteiger partial charge in [0.2, 0.25) is 10.0 Å². The summed E-state index contributed by atoms with van der Waals surface area (Å²) in [7, 11) is -1.73. The van der Waals surface area contributed by atoms with Gasteiger partial charge in [-0.05, 0) is 36.6 Å². The van der Waals surface area contributed by atoms with Gasteiger partial charge in [0, 0.05) is 37.5 Å². The lowest BCUT2D eigenvalue weighted by Crippen LogP contribution is -2.49. The standard InChI is InChI=1S/C23H26N2O3S/c1-24-15-8-12-19(24)17-21-23(26)20-13-5-6-14-22(20)29(27,28)25(21)16-7-11-18-9-3-2-4-10-18/h2-6,8-10,12-15,21,23,26H,7,11,16-17H2,1H3. The fourth-order valence-electron chi connectivity index (χ4n) is 4.14. The van der Waals surface area contributed by atoms with Crippen LogP contribution in [0, 0.1) is 0 Å². The SMILES string of the molecule is Cn1cccc1CC1C(O)c2ccccc2S(=O)(=O)N1CCCc1ccccc1. The molecule has 2 atom stereocenters. The topological polar surface area (TPSA) is 62.5 Å². The van der Waals surface area contributed by atoms with E-state index in [1.807, 2.05) is 48.1 Å². The zero-order valence-electron chi connectivity index (χ0n) is 16.5. The Morgan fingerprint density at radius 1 is 0.966 bits per heavy atom. The Morgan fingerprint density at radius 3 is 2.41 bits per heavy atom. The lowest BCUT2D eigenvalue weighted by atomic mass is 9.97. The second-order valence-corrected chi connectivity index (χ2v) is 9.43. The van der Waals surface area contributed by atoms with E-state index in [1.165, 1.54) is 9.87 Å². The Hall–Kier alpha value is -2.41. The van der Waals surface area contributed by atoms with E-state index in [2.05, 4.69) is 12.1 Å². The molecule has 1 aromatic heterocycles. The van der Waals surface area contributed by atoms with E-state index in [0.29, 0.717) is 24.9 Å². The van der Waals surface area contributed by atoms with E-state index in [9.17, 15) is 13.5 Å². The largest absolute Gasteiger partial charge is 0.387 e. The van der Waals surface area contributed by atoms with Gasteiger partial charge in [-0.2, -0.15) is 4.31 Å². The highest BCUT2D eigenvalue weighted by atomic mass is 32.2. The first-order valence-corrected chi connectivity index (χ1v) is 11.4. The number of hydrogen-bond donors (Lipinski definition) is 1. The molecule has 6 heteroatoms. The molecule has 1 aliphatic rings. The molecular formula is C23H26N2O3S. The summed E-state index contributed by atoms with van der Waals surface area (Å²) in [4.78, 5) is 0.218. The van der Waals surface area contributed by atoms with E-state index in [0.717, 1.165) is 12.1 Å². The minimum atomic E-state index is -3.67. The Balaban J connectivity index is 1.65. The average Bonchev–Trinajstić information content (AvgIpc) is 3.13. The Bertz CT molecular complexity index is 1080. The van der Waals surface area contributed by atoms with E-state index in [-0.39, 0.29) is 4.90 Å². The Kier molecular flexibility index (Phi) is 5.58. The van der Waals surface area contributed by atoms with E-state index >= 15 is 0 Å². The maximum atomic E-state index is 13.4. The molecule has 152 valence electrons. The number of sulfonamides is 1. The van der Waals surface area contributed by atoms with Crippen LogP contribution in [0.1, 0.15) is 29.3 Å². The van der Waals surface area contributed by atoms with Crippen LogP contribution in [0.25, 0.3) is 0 Å². The van der Waals surface area contributed by atoms with Crippen LogP contribution in [0.2, 0.25) is 0 Å². The van der Waals surface area contributed by atoms with Crippen LogP contribution in [0.4, 0.5) is 0 Å². The predicted octanol–water partition coefficient (Wildman–Crippen LogP) is 3.31. The third-order valence-electron chi connectivity index (χ3n) is 5.72. The summed E-state index contributed by atoms with van der Waals surface area (Å²) >= 11 is 0. The molecule has 0 spiro atoms. The molecule has 4 rings (SSSR count). The average molecular weight is 411 g/mol. The molecular weight excluding hydrogens is 384 g/mol. The van der Waals surface area contributed by atoms with Gasteiger partial charge < -0.3 is 9.67 Å². The summed E-state index contributed by atoms with van der Waals surface area (Å²) in [5, 5.41) is 11.1. The van der Waals surface area contributed by atoms with Gasteiger partial charge in [0.05, 0.1) is 17.0 Å². The first-order chi connectivity index (χ1) is 14.0. The summed E-state index contributed by atoms with van der Waals surface area (Å²) in [5.41, 5.74) is 2.67. The lowest BCUT2D eigenvalue weighted by Gasteiger charge is -2.39. The minimum absolute atomic E-state index is 0.218. The van der Waals surface area contributed by atoms with E-state index < -0.39 is 22.2 Å². The fraction of sp³-hybridized carbons (Fsp3) is 0.304. The van der Waals surface area contributed by atoms with Crippen LogP contribution >= 0.6 is 0 Å². The first-order valence-electron chi connectivity index (χ1n) is 9.91. The smallest absolute Gasteiger partial charge is 0.243 e. The molecule has 29 heavy (non-hydrogen) atoms. The maximum absolute atomic E-state index is 13.4. The minimum Gasteiger partial charge on any atom is -0.387 e. The van der Waals surface area contributed by atoms with Crippen LogP contribution in [0.3, 0.4) is 0 Å². The summed E-state index contributed by atoms with van der Waals surface area (Å²) in [6, 6.07) is 20.2. The van der Waals surface area contributed by atoms with Crippen molar-refractivity contribution in [1.82, 2.24) is 8.87 Å². The molecule has 5 nitrogen and oxygen atoms in total. The number of aliphatic hydroxyl groups is 1. The molecule has 2 aromatic carbocycles. The van der Waals surface area contributed by atoms with Crippen LogP contribution in [-0.2, 0) is 29.9 Å². The van der Waals surface area contributed by atoms with Crippen molar-refractivity contribution in [3.8, 4) is 0 Å². The molecule has 1 N–H and O–H groups in total. The molecule has 0 saturated carbocycles. The Labute approximate surface area is 172 Å². The monoisotopic (exact) mass is 410 g/mol. The van der Waals surface area contributed by atoms with Gasteiger partial charge in [-0.1, -0.05) is 48.5 Å². The van der Waals surface area contributed by atoms with Crippen molar-refractivity contribution >= 4 is 10.0 Å². The molecule has 0 amide bonds. The zero-order chi connectivity index (χ0) is 20.4. The number of hydrogen-bond acceptors (Lipinski definition) is 3. The number of rotatable bonds is 6. The molecule has 0 bridgehead atoms. The van der Waals surface area contributed by atoms with Crippen molar-refractivity contribution in [2.45, 2.75) is 36.3 Å². The lowest BCUT2D eigenvalue weighted by molar-refractivity contribution is 0.0784. The van der Waals surface area contributed by atoms with Crippen LogP contribution in [0.15, 0.2) is 77.8 Å². The van der Waals surface area contributed by atoms with Crippen molar-refractivity contribution in [3.63, 3.8) is 0 Å². The normalized spacial score (nSPS) is 21.0. The predicted molar refractivity (Wildman–Crippen MR) is 113 cm³/mol. The summed E-state index contributed by atoms with van der Waals surface area (Å²) < 4.78 is 30.3. The number of aliphatic hydroxyl groups excluding tert-OH is 1. The van der Waals surface area contributed by atoms with Gasteiger partial charge in [0.25, 0.3) is 0 Å². The van der Waals surface area contributed by atoms with Crippen LogP contribution in [-0.4, -0.2) is 35.0 Å². The molecule has 3 aromatic rings. The van der Waals surface area contributed by atoms with Crippen molar-refractivity contribution in [2.75, 3.05) is 6.54 Å². The fourth-order valence-corrected chi connectivity index (χ4v) is 6.04. The third kappa shape index (κ3) is 3.88. The number of aromatic nitrogens is 1. The number of aryl methyl sites for hydroxylation is 2. The molecule has 1 aliphatic heterocycles. The zero-order valence-corrected chi connectivity index (χ0v) is 17.3. The van der Waals surface area contributed by atoms with Crippen molar-refractivity contribution in [2.24, 2.45) is 7.05 Å². The summed E-state index contributed by atoms with van der Waals surface area (Å²) in [6.45, 7) is 0.373. The van der Waals surface area contributed by atoms with Gasteiger partial charge in [-0.15, -0.1) is 0 Å². The second kappa shape index (κ2) is 8.14. The second-order valence-electron chi connectivity index (χ2n) is 7.57. The molecule has 0 radical (unpaired) electrons. The van der Waals surface area contributed by atoms with Crippen LogP contribution in [0.5, 0.6) is 0 Å². The summed E-state index contributed by atoms with van der Waals surface area (Å²) in [6.07, 6.45) is 3.03. The van der Waals surface area contributed by atoms with Crippen molar-refractivity contribution in [3.05, 3.63) is 89.7 Å². The van der Waals surface area contributed by atoms with Crippen molar-refractivity contribution in [1.29, 1.82) is 0 Å². The van der Waals surface area contributed by atoms with Gasteiger partial charge in [0.1, 0.15) is 0 Å². The number of fused-ring (bicyclic) bond motifs is 1. The van der Waals surface area contributed by atoms with Gasteiger partial charge in [-0.25, -0.2) is 8.42 Å². The van der Waals surface area contributed by atoms with E-state index in [1.54, 1.807) is 24.3 Å². The third-order valence-corrected chi connectivity index (χ3v) is 7.71. The highest BCUT2D eigenvalue weighted by molar-refractivity contribution is 7.89. The maximum Gasteiger partial charge on any atom is 0.243 e. The molecule has 0 aliphatic carbocycles. The van der Waals surface area contributed by atoms with Gasteiger partial charge in [-0.3, -0.25) is 0 Å². The first kappa shape index (κ1) is 19.9. The van der Waals surface area contributed by atoms with Crippen LogP contribution < -0.4 is 0 Å². The number of nitrogens with zero attached hydrogens (tertiary/aromatic N) is 2. The molecule has 2 unspecified atom stereocenters. The quantitative estimate of drug-likeness (QED) is 0.678. The van der Waals surface area contributed by atoms with E-state index in [4.69, 9.17) is 0 Å². The molecule has 2 heterocycles. The van der Waals surface area contributed by atoms with Crippen molar-refractivity contribution < 1.29 is 13.5 Å².